The van der Waals surface area contributed by atoms with Crippen molar-refractivity contribution in [1.82, 2.24) is 57.1 Å². The number of amides is 8. The number of aromatic amines is 3. The van der Waals surface area contributed by atoms with Crippen LogP contribution in [0.25, 0.3) is 32.7 Å². The minimum atomic E-state index is -1.72. The molecule has 1 fully saturated rings. The molecule has 7 atom stereocenters. The van der Waals surface area contributed by atoms with Crippen LogP contribution in [0.3, 0.4) is 0 Å². The molecule has 87 heavy (non-hydrogen) atoms. The zero-order valence-corrected chi connectivity index (χ0v) is 48.6. The predicted molar refractivity (Wildman–Crippen MR) is 325 cm³/mol. The Bertz CT molecular complexity index is 3630. The van der Waals surface area contributed by atoms with E-state index in [2.05, 4.69) is 57.2 Å². The molecular formula is C62H75FN14O10. The Kier molecular flexibility index (Phi) is 21.3. The van der Waals surface area contributed by atoms with Crippen LogP contribution in [0.5, 0.6) is 5.75 Å². The number of aromatic nitrogens is 3. The number of hydrogen-bond acceptors (Lipinski definition) is 11. The number of rotatable bonds is 28. The maximum Gasteiger partial charge on any atom is 0.268 e. The number of nitrogens with one attached hydrogen (secondary N) is 10. The van der Waals surface area contributed by atoms with Gasteiger partial charge in [-0.25, -0.2) is 4.39 Å². The summed E-state index contributed by atoms with van der Waals surface area (Å²) >= 11 is 0. The van der Waals surface area contributed by atoms with Crippen LogP contribution in [-0.2, 0) is 52.8 Å². The Balaban J connectivity index is 1.05. The average molecular weight is 1200 g/mol. The lowest BCUT2D eigenvalue weighted by Gasteiger charge is -2.30. The highest BCUT2D eigenvalue weighted by Gasteiger charge is 2.39. The second kappa shape index (κ2) is 29.3. The van der Waals surface area contributed by atoms with Crippen LogP contribution in [0.1, 0.15) is 80.1 Å². The van der Waals surface area contributed by atoms with E-state index in [1.54, 1.807) is 31.5 Å². The molecule has 1 aliphatic heterocycles. The number of aliphatic hydroxyl groups is 1. The number of phenolic OH excluding ortho intramolecular Hbond substituents is 1. The minimum Gasteiger partial charge on any atom is -0.508 e. The highest BCUT2D eigenvalue weighted by Crippen LogP contribution is 2.24. The first kappa shape index (κ1) is 63.2. The van der Waals surface area contributed by atoms with Gasteiger partial charge in [-0.05, 0) is 110 Å². The molecule has 16 N–H and O–H groups in total. The van der Waals surface area contributed by atoms with Crippen molar-refractivity contribution >= 4 is 85.9 Å². The number of guanidine groups is 1. The second-order valence-electron chi connectivity index (χ2n) is 22.1. The number of aliphatic imine (C=N–C) groups is 1. The molecular weight excluding hydrogens is 1120 g/mol. The zero-order chi connectivity index (χ0) is 62.3. The fourth-order valence-electron chi connectivity index (χ4n) is 10.8. The van der Waals surface area contributed by atoms with Crippen molar-refractivity contribution in [3.05, 3.63) is 138 Å². The Morgan fingerprint density at radius 1 is 0.678 bits per heavy atom. The second-order valence-corrected chi connectivity index (χ2v) is 22.1. The molecule has 460 valence electrons. The van der Waals surface area contributed by atoms with Crippen molar-refractivity contribution in [2.24, 2.45) is 22.4 Å². The number of nitrogens with zero attached hydrogens (tertiary/aromatic N) is 2. The van der Waals surface area contributed by atoms with Gasteiger partial charge in [0.25, 0.3) is 5.91 Å². The lowest BCUT2D eigenvalue weighted by atomic mass is 9.99. The lowest BCUT2D eigenvalue weighted by Crippen LogP contribution is -2.61. The van der Waals surface area contributed by atoms with Gasteiger partial charge in [0.1, 0.15) is 59.6 Å². The Hall–Kier alpha value is -9.78. The van der Waals surface area contributed by atoms with Crippen molar-refractivity contribution in [2.75, 3.05) is 26.2 Å². The van der Waals surface area contributed by atoms with Crippen LogP contribution in [-0.4, -0.2) is 152 Å². The van der Waals surface area contributed by atoms with Crippen molar-refractivity contribution in [3.63, 3.8) is 0 Å². The van der Waals surface area contributed by atoms with Gasteiger partial charge in [-0.2, -0.15) is 0 Å². The Morgan fingerprint density at radius 2 is 1.23 bits per heavy atom. The third kappa shape index (κ3) is 16.6. The van der Waals surface area contributed by atoms with Gasteiger partial charge in [-0.15, -0.1) is 0 Å². The third-order valence-corrected chi connectivity index (χ3v) is 15.2. The van der Waals surface area contributed by atoms with Gasteiger partial charge in [0.05, 0.1) is 6.61 Å². The number of para-hydroxylation sites is 2. The minimum absolute atomic E-state index is 0.0150. The molecule has 4 aromatic carbocycles. The highest BCUT2D eigenvalue weighted by molar-refractivity contribution is 6.02. The maximum atomic E-state index is 15.0. The number of likely N-dealkylation sites (N-methyl/N-ethyl adjacent to an activating group) is 1. The van der Waals surface area contributed by atoms with E-state index < -0.39 is 96.1 Å². The topological polar surface area (TPSA) is 376 Å². The molecule has 0 saturated carbocycles. The average Bonchev–Trinajstić information content (AvgIpc) is 2.88. The summed E-state index contributed by atoms with van der Waals surface area (Å²) in [5.74, 6) is -6.84. The van der Waals surface area contributed by atoms with Crippen LogP contribution < -0.4 is 48.7 Å². The maximum absolute atomic E-state index is 15.0. The third-order valence-electron chi connectivity index (χ3n) is 15.2. The van der Waals surface area contributed by atoms with E-state index in [9.17, 15) is 53.0 Å². The van der Waals surface area contributed by atoms with Crippen LogP contribution in [0.4, 0.5) is 4.39 Å². The summed E-state index contributed by atoms with van der Waals surface area (Å²) in [6.07, 6.45) is 4.28. The van der Waals surface area contributed by atoms with E-state index in [0.29, 0.717) is 47.0 Å². The number of likely N-dealkylation sites (tertiary alicyclic amines) is 1. The van der Waals surface area contributed by atoms with Crippen LogP contribution >= 0.6 is 0 Å². The summed E-state index contributed by atoms with van der Waals surface area (Å²) in [6.45, 7) is 5.23. The van der Waals surface area contributed by atoms with E-state index >= 15 is 0 Å². The normalized spacial score (nSPS) is 15.2. The molecule has 0 spiro atoms. The summed E-state index contributed by atoms with van der Waals surface area (Å²) in [7, 11) is 0. The molecule has 25 heteroatoms. The number of fused-ring (bicyclic) bond motifs is 3. The van der Waals surface area contributed by atoms with E-state index in [0.717, 1.165) is 21.8 Å². The van der Waals surface area contributed by atoms with Gasteiger partial charge in [-0.3, -0.25) is 43.3 Å². The first-order valence-corrected chi connectivity index (χ1v) is 29.0. The molecule has 24 nitrogen and oxygen atoms in total. The number of carbonyl (C=O) groups is 8. The summed E-state index contributed by atoms with van der Waals surface area (Å²) in [4.78, 5) is 130. The van der Waals surface area contributed by atoms with Crippen LogP contribution in [0, 0.1) is 11.7 Å². The number of hydrogen-bond donors (Lipinski definition) is 14. The largest absolute Gasteiger partial charge is 0.508 e. The smallest absolute Gasteiger partial charge is 0.268 e. The number of phenols is 1. The summed E-state index contributed by atoms with van der Waals surface area (Å²) in [5.41, 5.74) is 14.8. The first-order chi connectivity index (χ1) is 41.8. The molecule has 0 radical (unpaired) electrons. The monoisotopic (exact) mass is 1190 g/mol. The summed E-state index contributed by atoms with van der Waals surface area (Å²) in [6, 6.07) is 16.4. The number of aliphatic hydroxyl groups excluding tert-OH is 1. The van der Waals surface area contributed by atoms with Crippen LogP contribution in [0.15, 0.2) is 114 Å². The predicted octanol–water partition coefficient (Wildman–Crippen LogP) is 2.44. The van der Waals surface area contributed by atoms with Gasteiger partial charge in [-0.1, -0.05) is 62.4 Å². The van der Waals surface area contributed by atoms with Gasteiger partial charge in [0.15, 0.2) is 5.96 Å². The first-order valence-electron chi connectivity index (χ1n) is 29.0. The number of halogens is 1. The molecule has 8 amide bonds. The van der Waals surface area contributed by atoms with Gasteiger partial charge >= 0.3 is 0 Å². The van der Waals surface area contributed by atoms with Crippen molar-refractivity contribution in [1.29, 1.82) is 0 Å². The fourth-order valence-corrected chi connectivity index (χ4v) is 10.8. The molecule has 3 aromatic heterocycles. The quantitative estimate of drug-likeness (QED) is 0.0191. The van der Waals surface area contributed by atoms with Crippen LogP contribution in [0.2, 0.25) is 0 Å². The molecule has 4 heterocycles. The standard InChI is InChI=1S/C62H75FN14O10/c1-4-66-60(86)53-16-10-24-77(53)61(87)46(15-9-23-67-62(64)65)71-54(80)47(25-34(2)3)72-57(83)50(29-37-31-68-44-13-7-5-11-41(37)44)74-55(81)48(26-35-17-20-40(79)21-18-35)73-59(85)52(33-78)76-58(84)51(30-38-32-69-45-14-8-6-12-42(38)45)75-56(82)49-28-36-27-39(63)19-22-43(36)70-49/h5-8,11-14,17-22,27-28,31-32,34,46-48,50-53,68-70,78-79H,4,9-10,15-16,23-26,29-30,33H2,1-3H3,(H,66,86)(H,71,80)(H,72,83)(H,73,85)(H,74,81)(H,75,82)(H,76,84)(H4,64,65,67)/t46-,47-,48-,50+,51+,52-,53-/m0/s1. The molecule has 0 unspecified atom stereocenters. The number of aromatic hydroxyl groups is 1. The van der Waals surface area contributed by atoms with Crippen molar-refractivity contribution < 1.29 is 53.0 Å². The zero-order valence-electron chi connectivity index (χ0n) is 48.6. The SMILES string of the molecule is CCNC(=O)[C@@H]1CCCN1C(=O)[C@H](CCCN=C(N)N)NC(=O)[C@H](CC(C)C)NC(=O)[C@@H](Cc1c[nH]c2ccccc12)NC(=O)[C@H](Cc1ccc(O)cc1)NC(=O)[C@H](CO)NC(=O)[C@@H](Cc1c[nH]c2ccccc12)NC(=O)c1cc2cc(F)ccc2[nH]1. The summed E-state index contributed by atoms with van der Waals surface area (Å²) < 4.78 is 14.1. The van der Waals surface area contributed by atoms with Crippen molar-refractivity contribution in [3.8, 4) is 5.75 Å². The van der Waals surface area contributed by atoms with Gasteiger partial charge in [0, 0.05) is 84.0 Å². The van der Waals surface area contributed by atoms with E-state index in [4.69, 9.17) is 11.5 Å². The van der Waals surface area contributed by atoms with Crippen molar-refractivity contribution in [2.45, 2.75) is 114 Å². The Labute approximate surface area is 500 Å². The Morgan fingerprint density at radius 3 is 1.83 bits per heavy atom. The highest BCUT2D eigenvalue weighted by atomic mass is 19.1. The molecule has 0 aliphatic carbocycles. The number of nitrogens with two attached hydrogens (primary N) is 2. The van der Waals surface area contributed by atoms with Gasteiger partial charge in [0.2, 0.25) is 41.4 Å². The lowest BCUT2D eigenvalue weighted by molar-refractivity contribution is -0.142. The number of benzene rings is 4. The molecule has 8 rings (SSSR count). The van der Waals surface area contributed by atoms with E-state index in [1.807, 2.05) is 50.2 Å². The van der Waals surface area contributed by atoms with E-state index in [-0.39, 0.29) is 80.8 Å². The molecule has 1 saturated heterocycles. The fraction of sp³-hybridized carbons (Fsp3) is 0.371. The molecule has 0 bridgehead atoms. The number of H-pyrrole nitrogens is 3. The summed E-state index contributed by atoms with van der Waals surface area (Å²) in [5, 5.41) is 42.0. The van der Waals surface area contributed by atoms with Gasteiger partial charge < -0.3 is 78.7 Å². The molecule has 7 aromatic rings. The molecule has 1 aliphatic rings. The number of carbonyl (C=O) groups excluding carboxylic acids is 8. The van der Waals surface area contributed by atoms with E-state index in [1.165, 1.54) is 53.4 Å².